The molecule has 1 saturated heterocycles. The molecule has 1 rings (SSSR count). The van der Waals surface area contributed by atoms with Gasteiger partial charge in [-0.25, -0.2) is 0 Å². The van der Waals surface area contributed by atoms with E-state index in [1.54, 1.807) is 0 Å². The third kappa shape index (κ3) is 3.23. The molecular formula is C15H31N. The van der Waals surface area contributed by atoms with Crippen molar-refractivity contribution in [2.45, 2.75) is 79.3 Å². The maximum absolute atomic E-state index is 2.72. The van der Waals surface area contributed by atoms with Crippen LogP contribution in [-0.2, 0) is 0 Å². The van der Waals surface area contributed by atoms with Crippen molar-refractivity contribution in [3.05, 3.63) is 0 Å². The zero-order chi connectivity index (χ0) is 12.6. The van der Waals surface area contributed by atoms with Crippen LogP contribution < -0.4 is 0 Å². The van der Waals surface area contributed by atoms with Crippen LogP contribution in [-0.4, -0.2) is 23.0 Å². The van der Waals surface area contributed by atoms with Crippen LogP contribution in [0.15, 0.2) is 0 Å². The first kappa shape index (κ1) is 14.0. The first-order valence-electron chi connectivity index (χ1n) is 6.93. The molecule has 0 N–H and O–H groups in total. The fourth-order valence-corrected chi connectivity index (χ4v) is 3.11. The first-order valence-corrected chi connectivity index (χ1v) is 6.93. The fraction of sp³-hybridized carbons (Fsp3) is 1.00. The van der Waals surface area contributed by atoms with E-state index in [4.69, 9.17) is 0 Å². The standard InChI is InChI=1S/C15H31N/c1-8-13-11-12(14(2,3)4)9-10-16(13)15(5,6)7/h12-13H,8-11H2,1-7H3. The topological polar surface area (TPSA) is 3.24 Å². The molecule has 96 valence electrons. The Bertz CT molecular complexity index is 219. The van der Waals surface area contributed by atoms with Gasteiger partial charge in [0.1, 0.15) is 0 Å². The number of likely N-dealkylation sites (tertiary alicyclic amines) is 1. The van der Waals surface area contributed by atoms with Gasteiger partial charge in [0.05, 0.1) is 0 Å². The Morgan fingerprint density at radius 1 is 1.06 bits per heavy atom. The molecule has 1 heteroatoms. The average Bonchev–Trinajstić information content (AvgIpc) is 2.14. The van der Waals surface area contributed by atoms with Gasteiger partial charge in [-0.1, -0.05) is 27.7 Å². The van der Waals surface area contributed by atoms with Crippen LogP contribution in [0, 0.1) is 11.3 Å². The van der Waals surface area contributed by atoms with Crippen molar-refractivity contribution >= 4 is 0 Å². The Balaban J connectivity index is 2.72. The molecule has 2 unspecified atom stereocenters. The van der Waals surface area contributed by atoms with Gasteiger partial charge in [-0.3, -0.25) is 4.90 Å². The minimum Gasteiger partial charge on any atom is -0.296 e. The minimum absolute atomic E-state index is 0.337. The predicted molar refractivity (Wildman–Crippen MR) is 72.7 cm³/mol. The number of piperidine rings is 1. The highest BCUT2D eigenvalue weighted by atomic mass is 15.2. The summed E-state index contributed by atoms with van der Waals surface area (Å²) in [6.45, 7) is 17.9. The molecule has 2 atom stereocenters. The second kappa shape index (κ2) is 4.68. The molecular weight excluding hydrogens is 194 g/mol. The van der Waals surface area contributed by atoms with Crippen LogP contribution in [0.25, 0.3) is 0 Å². The lowest BCUT2D eigenvalue weighted by atomic mass is 9.72. The summed E-state index contributed by atoms with van der Waals surface area (Å²) in [5.41, 5.74) is 0.820. The second-order valence-electron chi connectivity index (χ2n) is 7.51. The van der Waals surface area contributed by atoms with Crippen LogP contribution in [0.2, 0.25) is 0 Å². The molecule has 1 nitrogen and oxygen atoms in total. The van der Waals surface area contributed by atoms with Gasteiger partial charge < -0.3 is 0 Å². The molecule has 16 heavy (non-hydrogen) atoms. The summed E-state index contributed by atoms with van der Waals surface area (Å²) in [4.78, 5) is 2.72. The molecule has 0 aliphatic carbocycles. The summed E-state index contributed by atoms with van der Waals surface area (Å²) in [7, 11) is 0. The van der Waals surface area contributed by atoms with Crippen molar-refractivity contribution in [1.82, 2.24) is 4.90 Å². The van der Waals surface area contributed by atoms with Crippen molar-refractivity contribution in [1.29, 1.82) is 0 Å². The molecule has 1 aliphatic heterocycles. The third-order valence-corrected chi connectivity index (χ3v) is 4.27. The van der Waals surface area contributed by atoms with Gasteiger partial charge in [0.2, 0.25) is 0 Å². The maximum Gasteiger partial charge on any atom is 0.0127 e. The van der Waals surface area contributed by atoms with Gasteiger partial charge >= 0.3 is 0 Å². The highest BCUT2D eigenvalue weighted by molar-refractivity contribution is 4.91. The summed E-state index contributed by atoms with van der Waals surface area (Å²) in [5, 5.41) is 0. The Morgan fingerprint density at radius 3 is 2.00 bits per heavy atom. The van der Waals surface area contributed by atoms with E-state index in [0.29, 0.717) is 11.0 Å². The molecule has 0 saturated carbocycles. The van der Waals surface area contributed by atoms with E-state index in [9.17, 15) is 0 Å². The molecule has 0 bridgehead atoms. The normalized spacial score (nSPS) is 29.4. The smallest absolute Gasteiger partial charge is 0.0127 e. The van der Waals surface area contributed by atoms with Gasteiger partial charge in [-0.05, 0) is 57.9 Å². The third-order valence-electron chi connectivity index (χ3n) is 4.27. The average molecular weight is 225 g/mol. The number of rotatable bonds is 1. The number of hydrogen-bond acceptors (Lipinski definition) is 1. The quantitative estimate of drug-likeness (QED) is 0.642. The maximum atomic E-state index is 2.72. The van der Waals surface area contributed by atoms with Crippen LogP contribution >= 0.6 is 0 Å². The molecule has 0 aromatic heterocycles. The zero-order valence-corrected chi connectivity index (χ0v) is 12.4. The van der Waals surface area contributed by atoms with Crippen molar-refractivity contribution in [2.24, 2.45) is 11.3 Å². The van der Waals surface area contributed by atoms with Crippen LogP contribution in [0.4, 0.5) is 0 Å². The van der Waals surface area contributed by atoms with Gasteiger partial charge in [0.15, 0.2) is 0 Å². The SMILES string of the molecule is CCC1CC(C(C)(C)C)CCN1C(C)(C)C. The summed E-state index contributed by atoms with van der Waals surface area (Å²) in [6.07, 6.45) is 4.05. The lowest BCUT2D eigenvalue weighted by Gasteiger charge is -2.49. The van der Waals surface area contributed by atoms with Crippen molar-refractivity contribution in [2.75, 3.05) is 6.54 Å². The number of hydrogen-bond donors (Lipinski definition) is 0. The molecule has 0 amide bonds. The van der Waals surface area contributed by atoms with E-state index in [1.165, 1.54) is 25.8 Å². The Labute approximate surface area is 103 Å². The summed E-state index contributed by atoms with van der Waals surface area (Å²) >= 11 is 0. The van der Waals surface area contributed by atoms with E-state index in [1.807, 2.05) is 0 Å². The van der Waals surface area contributed by atoms with Gasteiger partial charge in [-0.15, -0.1) is 0 Å². The minimum atomic E-state index is 0.337. The number of nitrogens with zero attached hydrogens (tertiary/aromatic N) is 1. The first-order chi connectivity index (χ1) is 7.16. The van der Waals surface area contributed by atoms with Crippen LogP contribution in [0.3, 0.4) is 0 Å². The Hall–Kier alpha value is -0.0400. The highest BCUT2D eigenvalue weighted by Gasteiger charge is 2.37. The Morgan fingerprint density at radius 2 is 1.62 bits per heavy atom. The molecule has 0 aromatic carbocycles. The van der Waals surface area contributed by atoms with Gasteiger partial charge in [-0.2, -0.15) is 0 Å². The molecule has 0 aromatic rings. The largest absolute Gasteiger partial charge is 0.296 e. The van der Waals surface area contributed by atoms with E-state index in [0.717, 1.165) is 12.0 Å². The van der Waals surface area contributed by atoms with Gasteiger partial charge in [0, 0.05) is 11.6 Å². The summed E-state index contributed by atoms with van der Waals surface area (Å²) < 4.78 is 0. The molecule has 0 radical (unpaired) electrons. The van der Waals surface area contributed by atoms with E-state index in [2.05, 4.69) is 53.4 Å². The van der Waals surface area contributed by atoms with E-state index in [-0.39, 0.29) is 0 Å². The van der Waals surface area contributed by atoms with E-state index < -0.39 is 0 Å². The van der Waals surface area contributed by atoms with Gasteiger partial charge in [0.25, 0.3) is 0 Å². The monoisotopic (exact) mass is 225 g/mol. The van der Waals surface area contributed by atoms with Crippen LogP contribution in [0.1, 0.15) is 67.7 Å². The van der Waals surface area contributed by atoms with Crippen molar-refractivity contribution in [3.8, 4) is 0 Å². The predicted octanol–water partition coefficient (Wildman–Crippen LogP) is 4.32. The van der Waals surface area contributed by atoms with Crippen molar-refractivity contribution in [3.63, 3.8) is 0 Å². The molecule has 1 fully saturated rings. The highest BCUT2D eigenvalue weighted by Crippen LogP contribution is 2.39. The van der Waals surface area contributed by atoms with Crippen LogP contribution in [0.5, 0.6) is 0 Å². The van der Waals surface area contributed by atoms with Crippen molar-refractivity contribution < 1.29 is 0 Å². The molecule has 0 spiro atoms. The summed E-state index contributed by atoms with van der Waals surface area (Å²) in [5.74, 6) is 0.899. The van der Waals surface area contributed by atoms with E-state index >= 15 is 0 Å². The fourth-order valence-electron chi connectivity index (χ4n) is 3.11. The molecule has 1 heterocycles. The molecule has 1 aliphatic rings. The second-order valence-corrected chi connectivity index (χ2v) is 7.51. The zero-order valence-electron chi connectivity index (χ0n) is 12.4. The lowest BCUT2D eigenvalue weighted by Crippen LogP contribution is -2.53. The summed E-state index contributed by atoms with van der Waals surface area (Å²) in [6, 6.07) is 0.790. The lowest BCUT2D eigenvalue weighted by molar-refractivity contribution is 0.00186. The Kier molecular flexibility index (Phi) is 4.10.